The maximum Gasteiger partial charge on any atom is 0.0148 e. The summed E-state index contributed by atoms with van der Waals surface area (Å²) in [6.07, 6.45) is 5.21. The van der Waals surface area contributed by atoms with Gasteiger partial charge in [-0.1, -0.05) is 6.08 Å². The van der Waals surface area contributed by atoms with E-state index in [4.69, 9.17) is 0 Å². The lowest BCUT2D eigenvalue weighted by molar-refractivity contribution is 0.420. The zero-order valence-electron chi connectivity index (χ0n) is 4.35. The zero-order chi connectivity index (χ0) is 5.11. The second-order valence-electron chi connectivity index (χ2n) is 1.78. The average molecular weight is 97.1 g/mol. The predicted molar refractivity (Wildman–Crippen MR) is 30.9 cm³/mol. The van der Waals surface area contributed by atoms with E-state index in [1.165, 1.54) is 13.0 Å². The Kier molecular flexibility index (Phi) is 1.47. The van der Waals surface area contributed by atoms with Crippen LogP contribution in [0.25, 0.3) is 0 Å². The van der Waals surface area contributed by atoms with E-state index in [0.717, 1.165) is 0 Å². The van der Waals surface area contributed by atoms with Crippen molar-refractivity contribution in [3.05, 3.63) is 19.1 Å². The molecule has 0 aromatic rings. The molecule has 39 valence electrons. The summed E-state index contributed by atoms with van der Waals surface area (Å²) in [6.45, 7) is 4.76. The van der Waals surface area contributed by atoms with Gasteiger partial charge in [0, 0.05) is 6.04 Å². The summed E-state index contributed by atoms with van der Waals surface area (Å²) >= 11 is 0. The molecule has 1 atom stereocenters. The highest BCUT2D eigenvalue weighted by atomic mass is 15.2. The van der Waals surface area contributed by atoms with Crippen LogP contribution in [0, 0.1) is 6.42 Å². The molecule has 0 amide bonds. The van der Waals surface area contributed by atoms with Gasteiger partial charge in [0.2, 0.25) is 0 Å². The van der Waals surface area contributed by atoms with Crippen molar-refractivity contribution in [3.8, 4) is 0 Å². The lowest BCUT2D eigenvalue weighted by atomic mass is 10.3. The van der Waals surface area contributed by atoms with Crippen LogP contribution in [0.3, 0.4) is 0 Å². The molecule has 1 rings (SSSR count). The van der Waals surface area contributed by atoms with E-state index in [1.807, 2.05) is 6.08 Å². The average Bonchev–Trinajstić information content (AvgIpc) is 1.55. The molecule has 1 heteroatoms. The van der Waals surface area contributed by atoms with Crippen LogP contribution in [-0.4, -0.2) is 12.6 Å². The standard InChI is InChI=1S/C6H10N/c1-2-3-6-4-5-7-6/h2-3,6-7H,1,4-5H2/i6+1. The molecule has 1 aliphatic heterocycles. The Bertz CT molecular complexity index is 64.6. The Morgan fingerprint density at radius 3 is 2.57 bits per heavy atom. The van der Waals surface area contributed by atoms with Crippen LogP contribution in [0.5, 0.6) is 0 Å². The van der Waals surface area contributed by atoms with Crippen LogP contribution in [0.15, 0.2) is 12.7 Å². The summed E-state index contributed by atoms with van der Waals surface area (Å²) in [6, 6.07) is 0.637. The van der Waals surface area contributed by atoms with Crippen LogP contribution in [-0.2, 0) is 0 Å². The van der Waals surface area contributed by atoms with Gasteiger partial charge in [0.1, 0.15) is 0 Å². The summed E-state index contributed by atoms with van der Waals surface area (Å²) in [5, 5.41) is 3.22. The van der Waals surface area contributed by atoms with Crippen molar-refractivity contribution < 1.29 is 0 Å². The molecule has 1 radical (unpaired) electrons. The normalized spacial score (nSPS) is 28.9. The van der Waals surface area contributed by atoms with E-state index in [-0.39, 0.29) is 0 Å². The van der Waals surface area contributed by atoms with E-state index in [9.17, 15) is 0 Å². The number of rotatable bonds is 2. The van der Waals surface area contributed by atoms with Crippen LogP contribution < -0.4 is 5.32 Å². The number of hydrogen-bond acceptors (Lipinski definition) is 1. The molecule has 1 heterocycles. The van der Waals surface area contributed by atoms with Gasteiger partial charge >= 0.3 is 0 Å². The molecule has 1 saturated heterocycles. The van der Waals surface area contributed by atoms with Crippen molar-refractivity contribution in [1.82, 2.24) is 5.32 Å². The van der Waals surface area contributed by atoms with E-state index in [0.29, 0.717) is 6.04 Å². The van der Waals surface area contributed by atoms with E-state index >= 15 is 0 Å². The number of nitrogens with one attached hydrogen (secondary N) is 1. The molecule has 0 saturated carbocycles. The summed E-state index contributed by atoms with van der Waals surface area (Å²) in [7, 11) is 0. The third-order valence-corrected chi connectivity index (χ3v) is 1.23. The first-order chi connectivity index (χ1) is 3.43. The van der Waals surface area contributed by atoms with Gasteiger partial charge in [-0.3, -0.25) is 0 Å². The van der Waals surface area contributed by atoms with Gasteiger partial charge in [0.15, 0.2) is 0 Å². The minimum atomic E-state index is 0.637. The number of hydrogen-bond donors (Lipinski definition) is 1. The van der Waals surface area contributed by atoms with E-state index in [1.54, 1.807) is 0 Å². The molecule has 1 N–H and O–H groups in total. The van der Waals surface area contributed by atoms with Gasteiger partial charge in [0.25, 0.3) is 0 Å². The topological polar surface area (TPSA) is 12.0 Å². The lowest BCUT2D eigenvalue weighted by Crippen LogP contribution is -2.42. The fraction of sp³-hybridized carbons (Fsp3) is 0.500. The second kappa shape index (κ2) is 2.12. The van der Waals surface area contributed by atoms with E-state index < -0.39 is 0 Å². The van der Waals surface area contributed by atoms with Crippen molar-refractivity contribution in [3.63, 3.8) is 0 Å². The molecule has 1 fully saturated rings. The Hall–Kier alpha value is -0.300. The molecular formula is C6H10N. The summed E-state index contributed by atoms with van der Waals surface area (Å²) in [5.41, 5.74) is 0. The largest absolute Gasteiger partial charge is 0.313 e. The third kappa shape index (κ3) is 1.03. The Labute approximate surface area is 44.4 Å². The van der Waals surface area contributed by atoms with Crippen molar-refractivity contribution >= 4 is 0 Å². The Morgan fingerprint density at radius 1 is 1.71 bits per heavy atom. The highest BCUT2D eigenvalue weighted by Gasteiger charge is 2.13. The maximum atomic E-state index is 3.59. The quantitative estimate of drug-likeness (QED) is 0.501. The fourth-order valence-corrected chi connectivity index (χ4v) is 0.640. The van der Waals surface area contributed by atoms with E-state index in [2.05, 4.69) is 18.3 Å². The zero-order valence-corrected chi connectivity index (χ0v) is 4.35. The van der Waals surface area contributed by atoms with Crippen LogP contribution in [0.1, 0.15) is 6.42 Å². The van der Waals surface area contributed by atoms with Gasteiger partial charge in [-0.2, -0.15) is 0 Å². The summed E-state index contributed by atoms with van der Waals surface area (Å²) in [4.78, 5) is 0. The maximum absolute atomic E-state index is 3.59. The molecular weight excluding hydrogens is 87.1 g/mol. The molecule has 1 unspecified atom stereocenters. The molecule has 0 aromatic heterocycles. The highest BCUT2D eigenvalue weighted by Crippen LogP contribution is 2.04. The van der Waals surface area contributed by atoms with Crippen LogP contribution >= 0.6 is 0 Å². The van der Waals surface area contributed by atoms with Gasteiger partial charge in [-0.05, 0) is 19.4 Å². The predicted octanol–water partition coefficient (Wildman–Crippen LogP) is 0.739. The first-order valence-corrected chi connectivity index (χ1v) is 2.63. The van der Waals surface area contributed by atoms with Gasteiger partial charge < -0.3 is 5.32 Å². The molecule has 0 spiro atoms. The lowest BCUT2D eigenvalue weighted by Gasteiger charge is -2.25. The minimum absolute atomic E-state index is 0.637. The third-order valence-electron chi connectivity index (χ3n) is 1.23. The monoisotopic (exact) mass is 97.1 g/mol. The molecule has 7 heavy (non-hydrogen) atoms. The molecule has 1 nitrogen and oxygen atoms in total. The Balaban J connectivity index is 2.03. The van der Waals surface area contributed by atoms with Gasteiger partial charge in [-0.25, -0.2) is 0 Å². The second-order valence-corrected chi connectivity index (χ2v) is 1.78. The van der Waals surface area contributed by atoms with Crippen molar-refractivity contribution in [2.45, 2.75) is 12.5 Å². The van der Waals surface area contributed by atoms with Crippen molar-refractivity contribution in [1.29, 1.82) is 0 Å². The summed E-state index contributed by atoms with van der Waals surface area (Å²) < 4.78 is 0. The summed E-state index contributed by atoms with van der Waals surface area (Å²) in [5.74, 6) is 0. The van der Waals surface area contributed by atoms with Crippen molar-refractivity contribution in [2.75, 3.05) is 6.54 Å². The van der Waals surface area contributed by atoms with Gasteiger partial charge in [0.05, 0.1) is 0 Å². The minimum Gasteiger partial charge on any atom is -0.313 e. The first kappa shape index (κ1) is 4.85. The smallest absolute Gasteiger partial charge is 0.0148 e. The van der Waals surface area contributed by atoms with Gasteiger partial charge in [-0.15, -0.1) is 6.58 Å². The molecule has 1 aliphatic rings. The molecule has 0 aliphatic carbocycles. The first-order valence-electron chi connectivity index (χ1n) is 2.63. The molecule has 0 bridgehead atoms. The fourth-order valence-electron chi connectivity index (χ4n) is 0.640. The van der Waals surface area contributed by atoms with Crippen LogP contribution in [0.4, 0.5) is 0 Å². The van der Waals surface area contributed by atoms with Crippen LogP contribution in [0.2, 0.25) is 0 Å². The SMILES string of the molecule is C=C[CH][13CH]1CCN1. The Morgan fingerprint density at radius 2 is 2.43 bits per heavy atom. The highest BCUT2D eigenvalue weighted by molar-refractivity contribution is 5.00. The van der Waals surface area contributed by atoms with Crippen molar-refractivity contribution in [2.24, 2.45) is 0 Å². The molecule has 0 aromatic carbocycles.